The lowest BCUT2D eigenvalue weighted by molar-refractivity contribution is -0.148. The number of rotatable bonds is 7. The second-order valence-electron chi connectivity index (χ2n) is 4.44. The van der Waals surface area contributed by atoms with E-state index < -0.39 is 0 Å². The summed E-state index contributed by atoms with van der Waals surface area (Å²) in [4.78, 5) is 11.8. The minimum atomic E-state index is -0.141. The molecule has 0 aromatic heterocycles. The molecule has 0 bridgehead atoms. The van der Waals surface area contributed by atoms with Gasteiger partial charge in [0.05, 0.1) is 19.6 Å². The molecule has 1 unspecified atom stereocenters. The molecule has 3 heteroatoms. The number of para-hydroxylation sites is 1. The maximum absolute atomic E-state index is 11.8. The molecule has 18 heavy (non-hydrogen) atoms. The number of esters is 1. The van der Waals surface area contributed by atoms with Crippen molar-refractivity contribution in [1.82, 2.24) is 0 Å². The van der Waals surface area contributed by atoms with Crippen LogP contribution in [-0.2, 0) is 16.0 Å². The lowest BCUT2D eigenvalue weighted by Gasteiger charge is -2.13. The van der Waals surface area contributed by atoms with E-state index in [1.807, 2.05) is 31.2 Å². The van der Waals surface area contributed by atoms with Gasteiger partial charge in [0.2, 0.25) is 0 Å². The zero-order valence-corrected chi connectivity index (χ0v) is 11.4. The Morgan fingerprint density at radius 1 is 1.33 bits per heavy atom. The Balaban J connectivity index is 2.52. The molecule has 0 aliphatic rings. The van der Waals surface area contributed by atoms with Gasteiger partial charge in [-0.2, -0.15) is 0 Å². The molecular weight excluding hydrogens is 228 g/mol. The fourth-order valence-electron chi connectivity index (χ4n) is 1.74. The first-order valence-corrected chi connectivity index (χ1v) is 6.47. The molecule has 0 saturated carbocycles. The maximum Gasteiger partial charge on any atom is 0.308 e. The Morgan fingerprint density at radius 2 is 2.06 bits per heavy atom. The average molecular weight is 250 g/mol. The van der Waals surface area contributed by atoms with Crippen LogP contribution in [0.4, 0.5) is 0 Å². The summed E-state index contributed by atoms with van der Waals surface area (Å²) in [6.07, 6.45) is 2.61. The van der Waals surface area contributed by atoms with Gasteiger partial charge >= 0.3 is 5.97 Å². The summed E-state index contributed by atoms with van der Waals surface area (Å²) in [5.74, 6) is 0.554. The molecule has 100 valence electrons. The molecule has 1 aromatic carbocycles. The second kappa shape index (κ2) is 7.75. The van der Waals surface area contributed by atoms with Gasteiger partial charge in [-0.15, -0.1) is 0 Å². The highest BCUT2D eigenvalue weighted by atomic mass is 16.5. The van der Waals surface area contributed by atoms with Gasteiger partial charge in [0.15, 0.2) is 0 Å². The molecule has 0 fully saturated rings. The highest BCUT2D eigenvalue weighted by Gasteiger charge is 2.16. The molecule has 3 nitrogen and oxygen atoms in total. The summed E-state index contributed by atoms with van der Waals surface area (Å²) in [5, 5.41) is 0. The van der Waals surface area contributed by atoms with Crippen LogP contribution in [0.15, 0.2) is 24.3 Å². The zero-order chi connectivity index (χ0) is 13.4. The van der Waals surface area contributed by atoms with Crippen molar-refractivity contribution in [2.75, 3.05) is 13.7 Å². The topological polar surface area (TPSA) is 35.5 Å². The first kappa shape index (κ1) is 14.6. The smallest absolute Gasteiger partial charge is 0.308 e. The van der Waals surface area contributed by atoms with Crippen LogP contribution < -0.4 is 4.74 Å². The van der Waals surface area contributed by atoms with Crippen LogP contribution in [0.5, 0.6) is 5.75 Å². The Morgan fingerprint density at radius 3 is 2.72 bits per heavy atom. The van der Waals surface area contributed by atoms with Crippen molar-refractivity contribution in [3.05, 3.63) is 29.8 Å². The van der Waals surface area contributed by atoms with Crippen LogP contribution >= 0.6 is 0 Å². The Bertz CT molecular complexity index is 374. The van der Waals surface area contributed by atoms with Crippen molar-refractivity contribution in [1.29, 1.82) is 0 Å². The van der Waals surface area contributed by atoms with Gasteiger partial charge in [-0.3, -0.25) is 4.79 Å². The van der Waals surface area contributed by atoms with E-state index in [0.717, 1.165) is 24.2 Å². The fourth-order valence-corrected chi connectivity index (χ4v) is 1.74. The number of ether oxygens (including phenoxy) is 2. The van der Waals surface area contributed by atoms with E-state index in [2.05, 4.69) is 6.92 Å². The van der Waals surface area contributed by atoms with Gasteiger partial charge in [-0.25, -0.2) is 0 Å². The van der Waals surface area contributed by atoms with Gasteiger partial charge in [-0.05, 0) is 24.5 Å². The first-order valence-electron chi connectivity index (χ1n) is 6.47. The van der Waals surface area contributed by atoms with Crippen molar-refractivity contribution in [3.63, 3.8) is 0 Å². The molecule has 0 heterocycles. The van der Waals surface area contributed by atoms with Crippen LogP contribution in [0.2, 0.25) is 0 Å². The third-order valence-electron chi connectivity index (χ3n) is 2.86. The quantitative estimate of drug-likeness (QED) is 0.550. The van der Waals surface area contributed by atoms with Gasteiger partial charge in [0.25, 0.3) is 0 Å². The van der Waals surface area contributed by atoms with Crippen molar-refractivity contribution in [2.45, 2.75) is 33.1 Å². The van der Waals surface area contributed by atoms with Crippen LogP contribution in [-0.4, -0.2) is 19.7 Å². The Hall–Kier alpha value is -1.51. The third-order valence-corrected chi connectivity index (χ3v) is 2.86. The summed E-state index contributed by atoms with van der Waals surface area (Å²) in [6, 6.07) is 7.76. The van der Waals surface area contributed by atoms with Crippen molar-refractivity contribution in [3.8, 4) is 5.75 Å². The predicted octanol–water partition coefficient (Wildman–Crippen LogP) is 3.22. The summed E-state index contributed by atoms with van der Waals surface area (Å²) < 4.78 is 10.5. The van der Waals surface area contributed by atoms with Crippen molar-refractivity contribution in [2.24, 2.45) is 5.92 Å². The standard InChI is InChI=1S/C15H22O3/c1-4-5-10-18-15(16)12(2)11-13-8-6-7-9-14(13)17-3/h6-9,12H,4-5,10-11H2,1-3H3. The number of hydrogen-bond donors (Lipinski definition) is 0. The highest BCUT2D eigenvalue weighted by Crippen LogP contribution is 2.21. The molecule has 0 aliphatic heterocycles. The second-order valence-corrected chi connectivity index (χ2v) is 4.44. The Kier molecular flexibility index (Phi) is 6.26. The van der Waals surface area contributed by atoms with Gasteiger partial charge in [0, 0.05) is 0 Å². The van der Waals surface area contributed by atoms with E-state index >= 15 is 0 Å². The van der Waals surface area contributed by atoms with E-state index in [0.29, 0.717) is 13.0 Å². The number of methoxy groups -OCH3 is 1. The van der Waals surface area contributed by atoms with Gasteiger partial charge in [0.1, 0.15) is 5.75 Å². The van der Waals surface area contributed by atoms with Crippen molar-refractivity contribution < 1.29 is 14.3 Å². The first-order chi connectivity index (χ1) is 8.69. The molecule has 0 spiro atoms. The largest absolute Gasteiger partial charge is 0.496 e. The molecule has 1 atom stereocenters. The Labute approximate surface area is 109 Å². The van der Waals surface area contributed by atoms with Crippen LogP contribution in [0.3, 0.4) is 0 Å². The van der Waals surface area contributed by atoms with Crippen molar-refractivity contribution >= 4 is 5.97 Å². The minimum absolute atomic E-state index is 0.130. The maximum atomic E-state index is 11.8. The number of carbonyl (C=O) groups excluding carboxylic acids is 1. The molecule has 0 saturated heterocycles. The fraction of sp³-hybridized carbons (Fsp3) is 0.533. The van der Waals surface area contributed by atoms with E-state index in [-0.39, 0.29) is 11.9 Å². The number of carbonyl (C=O) groups is 1. The molecule has 0 amide bonds. The summed E-state index contributed by atoms with van der Waals surface area (Å²) in [5.41, 5.74) is 1.04. The normalized spacial score (nSPS) is 11.9. The van der Waals surface area contributed by atoms with E-state index in [4.69, 9.17) is 9.47 Å². The molecule has 1 rings (SSSR count). The molecule has 0 radical (unpaired) electrons. The molecule has 0 aliphatic carbocycles. The van der Waals surface area contributed by atoms with Crippen LogP contribution in [0, 0.1) is 5.92 Å². The summed E-state index contributed by atoms with van der Waals surface area (Å²) in [6.45, 7) is 4.48. The van der Waals surface area contributed by atoms with Gasteiger partial charge < -0.3 is 9.47 Å². The number of hydrogen-bond acceptors (Lipinski definition) is 3. The van der Waals surface area contributed by atoms with Crippen LogP contribution in [0.1, 0.15) is 32.3 Å². The lowest BCUT2D eigenvalue weighted by atomic mass is 10.0. The highest BCUT2D eigenvalue weighted by molar-refractivity contribution is 5.72. The van der Waals surface area contributed by atoms with Crippen LogP contribution in [0.25, 0.3) is 0 Å². The number of unbranched alkanes of at least 4 members (excludes halogenated alkanes) is 1. The van der Waals surface area contributed by atoms with Gasteiger partial charge in [-0.1, -0.05) is 38.5 Å². The van der Waals surface area contributed by atoms with E-state index in [1.54, 1.807) is 7.11 Å². The zero-order valence-electron chi connectivity index (χ0n) is 11.4. The monoisotopic (exact) mass is 250 g/mol. The minimum Gasteiger partial charge on any atom is -0.496 e. The average Bonchev–Trinajstić information content (AvgIpc) is 2.39. The number of benzene rings is 1. The third kappa shape index (κ3) is 4.40. The lowest BCUT2D eigenvalue weighted by Crippen LogP contribution is -2.18. The molecular formula is C15H22O3. The molecule has 0 N–H and O–H groups in total. The summed E-state index contributed by atoms with van der Waals surface area (Å²) >= 11 is 0. The van der Waals surface area contributed by atoms with E-state index in [1.165, 1.54) is 0 Å². The van der Waals surface area contributed by atoms with E-state index in [9.17, 15) is 4.79 Å². The summed E-state index contributed by atoms with van der Waals surface area (Å²) in [7, 11) is 1.64. The SMILES string of the molecule is CCCCOC(=O)C(C)Cc1ccccc1OC. The predicted molar refractivity (Wildman–Crippen MR) is 71.7 cm³/mol. The molecule has 1 aromatic rings.